The van der Waals surface area contributed by atoms with Crippen molar-refractivity contribution in [1.29, 1.82) is 0 Å². The number of aromatic nitrogens is 1. The lowest BCUT2D eigenvalue weighted by molar-refractivity contribution is 0.0948. The zero-order valence-corrected chi connectivity index (χ0v) is 15.3. The molecular weight excluding hydrogens is 335 g/mol. The van der Waals surface area contributed by atoms with Crippen LogP contribution in [0.1, 0.15) is 43.0 Å². The maximum absolute atomic E-state index is 12.0. The molecule has 0 bridgehead atoms. The van der Waals surface area contributed by atoms with Crippen molar-refractivity contribution in [2.45, 2.75) is 32.6 Å². The number of nitrogens with zero attached hydrogens (tertiary/aromatic N) is 2. The van der Waals surface area contributed by atoms with Gasteiger partial charge in [-0.25, -0.2) is 4.98 Å². The van der Waals surface area contributed by atoms with Crippen LogP contribution in [0.4, 0.5) is 5.82 Å². The Bertz CT molecular complexity index is 448. The highest BCUT2D eigenvalue weighted by Crippen LogP contribution is 2.17. The van der Waals surface area contributed by atoms with Gasteiger partial charge in [-0.3, -0.25) is 4.79 Å². The Morgan fingerprint density at radius 2 is 1.91 bits per heavy atom. The van der Waals surface area contributed by atoms with Gasteiger partial charge in [-0.2, -0.15) is 0 Å². The van der Waals surface area contributed by atoms with Crippen LogP contribution in [-0.2, 0) is 0 Å². The number of nitrogens with one attached hydrogen (secondary N) is 1. The largest absolute Gasteiger partial charge is 0.357 e. The number of carbonyl (C=O) groups excluding carboxylic acids is 1. The third kappa shape index (κ3) is 6.94. The van der Waals surface area contributed by atoms with Gasteiger partial charge in [0.15, 0.2) is 0 Å². The summed E-state index contributed by atoms with van der Waals surface area (Å²) in [6, 6.07) is 3.81. The predicted molar refractivity (Wildman–Crippen MR) is 100.0 cm³/mol. The molecule has 132 valence electrons. The van der Waals surface area contributed by atoms with E-state index in [0.717, 1.165) is 18.9 Å². The fourth-order valence-electron chi connectivity index (χ4n) is 2.46. The normalized spacial score (nSPS) is 15.7. The fourth-order valence-corrected chi connectivity index (χ4v) is 2.46. The van der Waals surface area contributed by atoms with Crippen molar-refractivity contribution in [2.75, 3.05) is 31.1 Å². The van der Waals surface area contributed by atoms with Gasteiger partial charge in [0.2, 0.25) is 0 Å². The third-order valence-electron chi connectivity index (χ3n) is 3.95. The Labute approximate surface area is 151 Å². The van der Waals surface area contributed by atoms with Crippen LogP contribution >= 0.6 is 24.8 Å². The van der Waals surface area contributed by atoms with Gasteiger partial charge in [0, 0.05) is 25.8 Å². The van der Waals surface area contributed by atoms with Crippen molar-refractivity contribution in [3.8, 4) is 0 Å². The van der Waals surface area contributed by atoms with Crippen molar-refractivity contribution in [3.05, 3.63) is 23.9 Å². The molecule has 1 aromatic rings. The predicted octanol–water partition coefficient (Wildman–Crippen LogP) is 2.63. The molecule has 1 aromatic heterocycles. The SMILES string of the molecule is CC(CN)CNC(=O)c1ccc(N2CCCCCC2)nc1.Cl.Cl. The molecule has 1 aliphatic heterocycles. The Kier molecular flexibility index (Phi) is 11.0. The highest BCUT2D eigenvalue weighted by atomic mass is 35.5. The first kappa shape index (κ1) is 22.0. The highest BCUT2D eigenvalue weighted by molar-refractivity contribution is 5.94. The van der Waals surface area contributed by atoms with Crippen LogP contribution in [-0.4, -0.2) is 37.1 Å². The van der Waals surface area contributed by atoms with Crippen LogP contribution in [0.3, 0.4) is 0 Å². The van der Waals surface area contributed by atoms with E-state index in [2.05, 4.69) is 15.2 Å². The molecule has 23 heavy (non-hydrogen) atoms. The molecule has 0 aromatic carbocycles. The summed E-state index contributed by atoms with van der Waals surface area (Å²) in [5.74, 6) is 1.19. The third-order valence-corrected chi connectivity index (χ3v) is 3.95. The molecule has 0 saturated carbocycles. The number of hydrogen-bond donors (Lipinski definition) is 2. The first-order chi connectivity index (χ1) is 10.2. The summed E-state index contributed by atoms with van der Waals surface area (Å²) in [4.78, 5) is 18.8. The molecular formula is C16H28Cl2N4O. The number of rotatable bonds is 5. The van der Waals surface area contributed by atoms with E-state index < -0.39 is 0 Å². The standard InChI is InChI=1S/C16H26N4O.2ClH/c1-13(10-17)11-19-16(21)14-6-7-15(18-12-14)20-8-4-2-3-5-9-20;;/h6-7,12-13H,2-5,8-11,17H2,1H3,(H,19,21);2*1H. The first-order valence-corrected chi connectivity index (χ1v) is 7.90. The van der Waals surface area contributed by atoms with E-state index in [1.54, 1.807) is 6.20 Å². The Morgan fingerprint density at radius 3 is 2.43 bits per heavy atom. The van der Waals surface area contributed by atoms with Crippen molar-refractivity contribution in [1.82, 2.24) is 10.3 Å². The second kappa shape index (κ2) is 11.5. The molecule has 1 unspecified atom stereocenters. The van der Waals surface area contributed by atoms with Crippen LogP contribution in [0.2, 0.25) is 0 Å². The quantitative estimate of drug-likeness (QED) is 0.844. The summed E-state index contributed by atoms with van der Waals surface area (Å²) in [7, 11) is 0. The van der Waals surface area contributed by atoms with Crippen LogP contribution in [0, 0.1) is 5.92 Å². The smallest absolute Gasteiger partial charge is 0.252 e. The highest BCUT2D eigenvalue weighted by Gasteiger charge is 2.12. The molecule has 1 fully saturated rings. The number of halogens is 2. The van der Waals surface area contributed by atoms with Gasteiger partial charge in [0.25, 0.3) is 5.91 Å². The van der Waals surface area contributed by atoms with E-state index in [1.807, 2.05) is 19.1 Å². The first-order valence-electron chi connectivity index (χ1n) is 7.90. The summed E-state index contributed by atoms with van der Waals surface area (Å²) >= 11 is 0. The molecule has 2 heterocycles. The molecule has 2 rings (SSSR count). The zero-order chi connectivity index (χ0) is 15.1. The Balaban J connectivity index is 0.00000242. The molecule has 0 spiro atoms. The lowest BCUT2D eigenvalue weighted by Gasteiger charge is -2.21. The van der Waals surface area contributed by atoms with E-state index in [1.165, 1.54) is 25.7 Å². The average Bonchev–Trinajstić information content (AvgIpc) is 2.81. The summed E-state index contributed by atoms with van der Waals surface area (Å²) in [5, 5.41) is 2.89. The summed E-state index contributed by atoms with van der Waals surface area (Å²) in [6.07, 6.45) is 6.72. The minimum absolute atomic E-state index is 0. The molecule has 1 amide bonds. The van der Waals surface area contributed by atoms with Crippen LogP contribution in [0.5, 0.6) is 0 Å². The maximum Gasteiger partial charge on any atom is 0.252 e. The molecule has 0 radical (unpaired) electrons. The monoisotopic (exact) mass is 362 g/mol. The number of nitrogens with two attached hydrogens (primary N) is 1. The number of amides is 1. The maximum atomic E-state index is 12.0. The summed E-state index contributed by atoms with van der Waals surface area (Å²) in [5.41, 5.74) is 6.15. The Hall–Kier alpha value is -1.04. The van der Waals surface area contributed by atoms with Gasteiger partial charge in [-0.05, 0) is 37.4 Å². The van der Waals surface area contributed by atoms with Crippen LogP contribution in [0.25, 0.3) is 0 Å². The second-order valence-corrected chi connectivity index (χ2v) is 5.86. The van der Waals surface area contributed by atoms with Crippen molar-refractivity contribution < 1.29 is 4.79 Å². The van der Waals surface area contributed by atoms with Crippen LogP contribution < -0.4 is 16.0 Å². The van der Waals surface area contributed by atoms with Crippen LogP contribution in [0.15, 0.2) is 18.3 Å². The number of anilines is 1. The minimum atomic E-state index is -0.0785. The van der Waals surface area contributed by atoms with E-state index in [0.29, 0.717) is 24.6 Å². The van der Waals surface area contributed by atoms with E-state index in [-0.39, 0.29) is 30.7 Å². The lowest BCUT2D eigenvalue weighted by Crippen LogP contribution is -2.31. The van der Waals surface area contributed by atoms with Gasteiger partial charge in [-0.15, -0.1) is 24.8 Å². The number of hydrogen-bond acceptors (Lipinski definition) is 4. The molecule has 3 N–H and O–H groups in total. The van der Waals surface area contributed by atoms with Crippen molar-refractivity contribution in [3.63, 3.8) is 0 Å². The number of carbonyl (C=O) groups is 1. The van der Waals surface area contributed by atoms with Gasteiger partial charge < -0.3 is 16.0 Å². The van der Waals surface area contributed by atoms with E-state index in [9.17, 15) is 4.79 Å². The van der Waals surface area contributed by atoms with E-state index >= 15 is 0 Å². The van der Waals surface area contributed by atoms with Crippen molar-refractivity contribution in [2.24, 2.45) is 11.7 Å². The Morgan fingerprint density at radius 1 is 1.26 bits per heavy atom. The molecule has 0 aliphatic carbocycles. The molecule has 1 atom stereocenters. The number of pyridine rings is 1. The zero-order valence-electron chi connectivity index (χ0n) is 13.7. The summed E-state index contributed by atoms with van der Waals surface area (Å²) < 4.78 is 0. The molecule has 7 heteroatoms. The fraction of sp³-hybridized carbons (Fsp3) is 0.625. The minimum Gasteiger partial charge on any atom is -0.357 e. The van der Waals surface area contributed by atoms with Gasteiger partial charge >= 0.3 is 0 Å². The average molecular weight is 363 g/mol. The lowest BCUT2D eigenvalue weighted by atomic mass is 10.2. The molecule has 1 saturated heterocycles. The molecule has 5 nitrogen and oxygen atoms in total. The second-order valence-electron chi connectivity index (χ2n) is 5.86. The molecule has 1 aliphatic rings. The topological polar surface area (TPSA) is 71.2 Å². The van der Waals surface area contributed by atoms with E-state index in [4.69, 9.17) is 5.73 Å². The van der Waals surface area contributed by atoms with Crippen molar-refractivity contribution >= 4 is 36.5 Å². The van der Waals surface area contributed by atoms with Gasteiger partial charge in [0.05, 0.1) is 5.56 Å². The summed E-state index contributed by atoms with van der Waals surface area (Å²) in [6.45, 7) is 5.32. The van der Waals surface area contributed by atoms with Gasteiger partial charge in [-0.1, -0.05) is 19.8 Å². The van der Waals surface area contributed by atoms with Gasteiger partial charge in [0.1, 0.15) is 5.82 Å².